The van der Waals surface area contributed by atoms with E-state index in [-0.39, 0.29) is 17.1 Å². The van der Waals surface area contributed by atoms with E-state index >= 15 is 0 Å². The van der Waals surface area contributed by atoms with Crippen LogP contribution in [0.5, 0.6) is 0 Å². The molecule has 0 aliphatic heterocycles. The van der Waals surface area contributed by atoms with Crippen molar-refractivity contribution in [3.8, 4) is 0 Å². The number of hydrogen-bond donors (Lipinski definition) is 0. The average molecular weight is 264 g/mol. The van der Waals surface area contributed by atoms with E-state index in [2.05, 4.69) is 6.07 Å². The third-order valence-corrected chi connectivity index (χ3v) is 5.16. The van der Waals surface area contributed by atoms with E-state index < -0.39 is 0 Å². The Morgan fingerprint density at radius 1 is 1.15 bits per heavy atom. The maximum absolute atomic E-state index is 12.4. The van der Waals surface area contributed by atoms with Crippen LogP contribution in [0.1, 0.15) is 48.4 Å². The van der Waals surface area contributed by atoms with E-state index in [9.17, 15) is 9.59 Å². The summed E-state index contributed by atoms with van der Waals surface area (Å²) in [6.07, 6.45) is 6.88. The van der Waals surface area contributed by atoms with Crippen molar-refractivity contribution in [2.75, 3.05) is 0 Å². The zero-order valence-electron chi connectivity index (χ0n) is 11.7. The lowest BCUT2D eigenvalue weighted by molar-refractivity contribution is -0.128. The first-order valence-corrected chi connectivity index (χ1v) is 7.12. The first-order valence-electron chi connectivity index (χ1n) is 7.12. The van der Waals surface area contributed by atoms with E-state index in [1.165, 1.54) is 5.56 Å². The van der Waals surface area contributed by atoms with Gasteiger partial charge in [0.2, 0.25) is 0 Å². The zero-order chi connectivity index (χ0) is 14.1. The van der Waals surface area contributed by atoms with Gasteiger partial charge in [0.15, 0.2) is 5.78 Å². The number of ketones is 2. The van der Waals surface area contributed by atoms with Crippen molar-refractivity contribution in [1.29, 1.82) is 0 Å². The molecular weight excluding hydrogens is 248 g/mol. The normalized spacial score (nSPS) is 25.3. The van der Waals surface area contributed by atoms with Crippen molar-refractivity contribution in [3.05, 3.63) is 46.5 Å². The zero-order valence-corrected chi connectivity index (χ0v) is 11.7. The van der Waals surface area contributed by atoms with E-state index in [1.54, 1.807) is 6.08 Å². The number of carbonyl (C=O) groups excluding carboxylic acids is 2. The Hall–Kier alpha value is -1.96. The van der Waals surface area contributed by atoms with Gasteiger partial charge in [-0.15, -0.1) is 0 Å². The topological polar surface area (TPSA) is 34.1 Å². The van der Waals surface area contributed by atoms with Gasteiger partial charge in [-0.3, -0.25) is 9.59 Å². The molecule has 2 heteroatoms. The summed E-state index contributed by atoms with van der Waals surface area (Å²) in [4.78, 5) is 24.5. The molecule has 4 rings (SSSR count). The van der Waals surface area contributed by atoms with Crippen LogP contribution in [-0.2, 0) is 16.0 Å². The first kappa shape index (κ1) is 11.8. The van der Waals surface area contributed by atoms with Gasteiger partial charge < -0.3 is 0 Å². The average Bonchev–Trinajstić information content (AvgIpc) is 2.43. The smallest absolute Gasteiger partial charge is 0.186 e. The quantitative estimate of drug-likeness (QED) is 0.720. The van der Waals surface area contributed by atoms with Gasteiger partial charge in [-0.2, -0.15) is 0 Å². The molecule has 0 saturated heterocycles. The minimum absolute atomic E-state index is 0.0963. The summed E-state index contributed by atoms with van der Waals surface area (Å²) in [5.41, 5.74) is 5.07. The maximum atomic E-state index is 12.4. The molecule has 0 spiro atoms. The highest BCUT2D eigenvalue weighted by molar-refractivity contribution is 6.30. The summed E-state index contributed by atoms with van der Waals surface area (Å²) in [7, 11) is 0. The highest BCUT2D eigenvalue weighted by Gasteiger charge is 2.45. The van der Waals surface area contributed by atoms with Crippen molar-refractivity contribution in [3.63, 3.8) is 0 Å². The molecule has 20 heavy (non-hydrogen) atoms. The number of rotatable bonds is 0. The van der Waals surface area contributed by atoms with Crippen molar-refractivity contribution in [2.24, 2.45) is 5.41 Å². The second kappa shape index (κ2) is 3.57. The molecule has 1 unspecified atom stereocenters. The Morgan fingerprint density at radius 2 is 1.95 bits per heavy atom. The molecule has 1 aromatic carbocycles. The lowest BCUT2D eigenvalue weighted by Crippen LogP contribution is -2.39. The number of Topliss-reactive ketones (excluding diaryl/α,β-unsaturated/α-hetero) is 1. The fourth-order valence-electron chi connectivity index (χ4n) is 3.86. The van der Waals surface area contributed by atoms with Crippen LogP contribution < -0.4 is 0 Å². The summed E-state index contributed by atoms with van der Waals surface area (Å²) in [6.45, 7) is 4.09. The number of allylic oxidation sites excluding steroid dienone is 3. The third-order valence-electron chi connectivity index (χ3n) is 5.16. The molecule has 2 nitrogen and oxygen atoms in total. The minimum Gasteiger partial charge on any atom is -0.299 e. The van der Waals surface area contributed by atoms with Crippen LogP contribution in [0.4, 0.5) is 0 Å². The summed E-state index contributed by atoms with van der Waals surface area (Å²) < 4.78 is 0. The minimum atomic E-state index is -0.339. The predicted molar refractivity (Wildman–Crippen MR) is 78.3 cm³/mol. The van der Waals surface area contributed by atoms with Gasteiger partial charge in [0.05, 0.1) is 0 Å². The summed E-state index contributed by atoms with van der Waals surface area (Å²) >= 11 is 0. The van der Waals surface area contributed by atoms with E-state index in [0.717, 1.165) is 28.7 Å². The molecule has 100 valence electrons. The molecule has 0 fully saturated rings. The number of hydrogen-bond acceptors (Lipinski definition) is 2. The van der Waals surface area contributed by atoms with E-state index in [0.29, 0.717) is 12.2 Å². The Balaban J connectivity index is 2.07. The Kier molecular flexibility index (Phi) is 2.11. The highest BCUT2D eigenvalue weighted by Crippen LogP contribution is 2.52. The summed E-state index contributed by atoms with van der Waals surface area (Å²) in [5.74, 6) is 0.611. The Morgan fingerprint density at radius 3 is 2.75 bits per heavy atom. The van der Waals surface area contributed by atoms with Gasteiger partial charge in [0.1, 0.15) is 5.78 Å². The highest BCUT2D eigenvalue weighted by atomic mass is 16.1. The summed E-state index contributed by atoms with van der Waals surface area (Å²) in [5, 5.41) is 0. The molecule has 0 radical (unpaired) electrons. The second-order valence-electron chi connectivity index (χ2n) is 6.53. The Bertz CT molecular complexity index is 732. The third kappa shape index (κ3) is 1.29. The number of benzene rings is 1. The van der Waals surface area contributed by atoms with Gasteiger partial charge >= 0.3 is 0 Å². The van der Waals surface area contributed by atoms with Gasteiger partial charge in [-0.1, -0.05) is 38.1 Å². The molecule has 0 N–H and O–H groups in total. The van der Waals surface area contributed by atoms with Crippen LogP contribution >= 0.6 is 0 Å². The van der Waals surface area contributed by atoms with E-state index in [1.807, 2.05) is 32.1 Å². The maximum Gasteiger partial charge on any atom is 0.186 e. The first-order chi connectivity index (χ1) is 9.50. The Labute approximate surface area is 118 Å². The second-order valence-corrected chi connectivity index (χ2v) is 6.53. The molecule has 0 saturated carbocycles. The molecule has 0 aromatic heterocycles. The van der Waals surface area contributed by atoms with E-state index in [4.69, 9.17) is 0 Å². The van der Waals surface area contributed by atoms with Gasteiger partial charge in [0.25, 0.3) is 0 Å². The van der Waals surface area contributed by atoms with Gasteiger partial charge in [-0.25, -0.2) is 0 Å². The molecule has 0 amide bonds. The lowest BCUT2D eigenvalue weighted by Gasteiger charge is -2.42. The fraction of sp³-hybridized carbons (Fsp3) is 0.333. The van der Waals surface area contributed by atoms with Gasteiger partial charge in [-0.05, 0) is 34.8 Å². The molecule has 1 atom stereocenters. The molecule has 1 aromatic rings. The van der Waals surface area contributed by atoms with Crippen LogP contribution in [0.2, 0.25) is 0 Å². The lowest BCUT2D eigenvalue weighted by atomic mass is 9.60. The van der Waals surface area contributed by atoms with Crippen LogP contribution in [0.25, 0.3) is 11.6 Å². The molecule has 3 aliphatic rings. The van der Waals surface area contributed by atoms with Crippen molar-refractivity contribution in [1.82, 2.24) is 0 Å². The monoisotopic (exact) mass is 264 g/mol. The standard InChI is InChI=1S/C18H16O2/c1-18(2)13-7-6-12-14(19)8-5-10-3-4-11(9-15(18)20)17(13)16(10)12/h3-6,8,13H,7,9H2,1-2H3. The van der Waals surface area contributed by atoms with Gasteiger partial charge in [0, 0.05) is 23.3 Å². The molecule has 0 heterocycles. The molecular formula is C18H16O2. The van der Waals surface area contributed by atoms with Crippen LogP contribution in [-0.4, -0.2) is 11.6 Å². The molecule has 0 bridgehead atoms. The predicted octanol–water partition coefficient (Wildman–Crippen LogP) is 3.30. The van der Waals surface area contributed by atoms with Crippen LogP contribution in [0.3, 0.4) is 0 Å². The van der Waals surface area contributed by atoms with Crippen LogP contribution in [0.15, 0.2) is 24.3 Å². The number of carbonyl (C=O) groups is 2. The summed E-state index contributed by atoms with van der Waals surface area (Å²) in [6, 6.07) is 4.11. The van der Waals surface area contributed by atoms with Crippen molar-refractivity contribution < 1.29 is 9.59 Å². The SMILES string of the molecule is CC1(C)C(=O)Cc2ccc3c4c2C1CC=C4C(=O)C=C3. The molecule has 3 aliphatic carbocycles. The van der Waals surface area contributed by atoms with Crippen molar-refractivity contribution in [2.45, 2.75) is 32.6 Å². The van der Waals surface area contributed by atoms with Crippen LogP contribution in [0, 0.1) is 5.41 Å². The van der Waals surface area contributed by atoms with Crippen molar-refractivity contribution >= 4 is 23.2 Å². The largest absolute Gasteiger partial charge is 0.299 e. The fourth-order valence-corrected chi connectivity index (χ4v) is 3.86.